The fourth-order valence-electron chi connectivity index (χ4n) is 3.34. The minimum Gasteiger partial charge on any atom is -0.353 e. The Hall–Kier alpha value is -2.47. The van der Waals surface area contributed by atoms with Gasteiger partial charge in [0.05, 0.1) is 18.1 Å². The van der Waals surface area contributed by atoms with Gasteiger partial charge in [-0.05, 0) is 37.6 Å². The number of piperazine rings is 1. The fourth-order valence-corrected chi connectivity index (χ4v) is 3.34. The maximum Gasteiger partial charge on any atom is 0.163 e. The lowest BCUT2D eigenvalue weighted by Crippen LogP contribution is -2.44. The van der Waals surface area contributed by atoms with Gasteiger partial charge in [0.25, 0.3) is 0 Å². The summed E-state index contributed by atoms with van der Waals surface area (Å²) in [6.07, 6.45) is 3.57. The van der Waals surface area contributed by atoms with Crippen LogP contribution in [0.3, 0.4) is 0 Å². The van der Waals surface area contributed by atoms with Crippen LogP contribution in [-0.2, 0) is 6.54 Å². The molecular formula is C19H24N6. The molecule has 0 saturated carbocycles. The molecule has 0 amide bonds. The molecule has 1 fully saturated rings. The average Bonchev–Trinajstić information content (AvgIpc) is 3.02. The highest BCUT2D eigenvalue weighted by molar-refractivity contribution is 5.86. The molecule has 1 saturated heterocycles. The Balaban J connectivity index is 1.65. The van der Waals surface area contributed by atoms with Crippen LogP contribution in [0.25, 0.3) is 11.0 Å². The van der Waals surface area contributed by atoms with Crippen LogP contribution in [0.5, 0.6) is 0 Å². The lowest BCUT2D eigenvalue weighted by Gasteiger charge is -2.33. The lowest BCUT2D eigenvalue weighted by atomic mass is 10.1. The standard InChI is InChI=1S/C19H24N6/c1-14-4-5-16(10-15(14)2)12-25-19-17(11-22-25)18(20-13-21-19)24-8-6-23(3)7-9-24/h4-5,10-11,13H,6-9,12H2,1-3H3. The number of hydrogen-bond acceptors (Lipinski definition) is 5. The molecule has 1 aliphatic rings. The number of nitrogens with zero attached hydrogens (tertiary/aromatic N) is 6. The third kappa shape index (κ3) is 3.09. The molecule has 0 unspecified atom stereocenters. The van der Waals surface area contributed by atoms with Gasteiger partial charge in [-0.25, -0.2) is 14.6 Å². The molecule has 0 atom stereocenters. The van der Waals surface area contributed by atoms with E-state index in [0.29, 0.717) is 0 Å². The van der Waals surface area contributed by atoms with E-state index < -0.39 is 0 Å². The first-order valence-corrected chi connectivity index (χ1v) is 8.78. The second kappa shape index (κ2) is 6.44. The molecule has 6 heteroatoms. The van der Waals surface area contributed by atoms with E-state index >= 15 is 0 Å². The van der Waals surface area contributed by atoms with Gasteiger partial charge in [0.15, 0.2) is 5.65 Å². The molecule has 2 aromatic heterocycles. The molecule has 4 rings (SSSR count). The predicted octanol–water partition coefficient (Wildman–Crippen LogP) is 2.24. The summed E-state index contributed by atoms with van der Waals surface area (Å²) in [5.41, 5.74) is 4.77. The second-order valence-corrected chi connectivity index (χ2v) is 6.95. The van der Waals surface area contributed by atoms with Crippen molar-refractivity contribution in [3.05, 3.63) is 47.4 Å². The van der Waals surface area contributed by atoms with Crippen molar-refractivity contribution in [2.75, 3.05) is 38.1 Å². The van der Waals surface area contributed by atoms with Gasteiger partial charge in [-0.3, -0.25) is 0 Å². The number of aromatic nitrogens is 4. The number of anilines is 1. The van der Waals surface area contributed by atoms with Gasteiger partial charge < -0.3 is 9.80 Å². The van der Waals surface area contributed by atoms with Crippen LogP contribution in [0.2, 0.25) is 0 Å². The monoisotopic (exact) mass is 336 g/mol. The number of fused-ring (bicyclic) bond motifs is 1. The zero-order valence-electron chi connectivity index (χ0n) is 15.1. The molecule has 6 nitrogen and oxygen atoms in total. The van der Waals surface area contributed by atoms with Crippen LogP contribution in [0.15, 0.2) is 30.7 Å². The van der Waals surface area contributed by atoms with Crippen LogP contribution in [0.4, 0.5) is 5.82 Å². The largest absolute Gasteiger partial charge is 0.353 e. The highest BCUT2D eigenvalue weighted by Crippen LogP contribution is 2.24. The Morgan fingerprint density at radius 2 is 1.80 bits per heavy atom. The smallest absolute Gasteiger partial charge is 0.163 e. The quantitative estimate of drug-likeness (QED) is 0.734. The summed E-state index contributed by atoms with van der Waals surface area (Å²) in [6.45, 7) is 9.11. The molecule has 0 radical (unpaired) electrons. The molecule has 0 aliphatic carbocycles. The first kappa shape index (κ1) is 16.0. The maximum absolute atomic E-state index is 4.59. The first-order valence-electron chi connectivity index (χ1n) is 8.78. The highest BCUT2D eigenvalue weighted by Gasteiger charge is 2.19. The Kier molecular flexibility index (Phi) is 4.13. The summed E-state index contributed by atoms with van der Waals surface area (Å²) in [5, 5.41) is 5.63. The molecule has 1 aliphatic heterocycles. The van der Waals surface area contributed by atoms with Gasteiger partial charge >= 0.3 is 0 Å². The van der Waals surface area contributed by atoms with Gasteiger partial charge in [0, 0.05) is 26.2 Å². The van der Waals surface area contributed by atoms with E-state index in [0.717, 1.165) is 49.6 Å². The summed E-state index contributed by atoms with van der Waals surface area (Å²) in [7, 11) is 2.16. The van der Waals surface area contributed by atoms with Crippen molar-refractivity contribution < 1.29 is 0 Å². The number of benzene rings is 1. The van der Waals surface area contributed by atoms with Crippen molar-refractivity contribution in [3.8, 4) is 0 Å². The number of likely N-dealkylation sites (N-methyl/N-ethyl adjacent to an activating group) is 1. The van der Waals surface area contributed by atoms with E-state index in [9.17, 15) is 0 Å². The van der Waals surface area contributed by atoms with E-state index in [2.05, 4.69) is 64.0 Å². The topological polar surface area (TPSA) is 50.1 Å². The predicted molar refractivity (Wildman–Crippen MR) is 100 cm³/mol. The lowest BCUT2D eigenvalue weighted by molar-refractivity contribution is 0.312. The third-order valence-corrected chi connectivity index (χ3v) is 5.12. The average molecular weight is 336 g/mol. The molecular weight excluding hydrogens is 312 g/mol. The number of hydrogen-bond donors (Lipinski definition) is 0. The van der Waals surface area contributed by atoms with Crippen molar-refractivity contribution in [2.24, 2.45) is 0 Å². The Labute approximate surface area is 148 Å². The maximum atomic E-state index is 4.59. The SMILES string of the molecule is Cc1ccc(Cn2ncc3c(N4CCN(C)CC4)ncnc32)cc1C. The van der Waals surface area contributed by atoms with Crippen molar-refractivity contribution in [1.29, 1.82) is 0 Å². The normalized spacial score (nSPS) is 15.9. The van der Waals surface area contributed by atoms with Crippen LogP contribution in [-0.4, -0.2) is 57.9 Å². The minimum absolute atomic E-state index is 0.726. The van der Waals surface area contributed by atoms with Crippen molar-refractivity contribution in [2.45, 2.75) is 20.4 Å². The van der Waals surface area contributed by atoms with Gasteiger partial charge in [0.2, 0.25) is 0 Å². The van der Waals surface area contributed by atoms with E-state index in [1.807, 2.05) is 10.9 Å². The molecule has 130 valence electrons. The highest BCUT2D eigenvalue weighted by atomic mass is 15.3. The molecule has 0 bridgehead atoms. The molecule has 3 aromatic rings. The minimum atomic E-state index is 0.726. The second-order valence-electron chi connectivity index (χ2n) is 6.95. The van der Waals surface area contributed by atoms with E-state index in [1.165, 1.54) is 16.7 Å². The molecule has 0 spiro atoms. The van der Waals surface area contributed by atoms with Crippen LogP contribution in [0, 0.1) is 13.8 Å². The van der Waals surface area contributed by atoms with E-state index in [4.69, 9.17) is 0 Å². The number of rotatable bonds is 3. The molecule has 1 aromatic carbocycles. The van der Waals surface area contributed by atoms with Gasteiger partial charge in [-0.15, -0.1) is 0 Å². The fraction of sp³-hybridized carbons (Fsp3) is 0.421. The first-order chi connectivity index (χ1) is 12.1. The van der Waals surface area contributed by atoms with Gasteiger partial charge in [0.1, 0.15) is 12.1 Å². The summed E-state index contributed by atoms with van der Waals surface area (Å²) < 4.78 is 1.97. The van der Waals surface area contributed by atoms with E-state index in [1.54, 1.807) is 6.33 Å². The zero-order valence-corrected chi connectivity index (χ0v) is 15.1. The van der Waals surface area contributed by atoms with Gasteiger partial charge in [-0.2, -0.15) is 5.10 Å². The third-order valence-electron chi connectivity index (χ3n) is 5.12. The summed E-state index contributed by atoms with van der Waals surface area (Å²) >= 11 is 0. The molecule has 0 N–H and O–H groups in total. The summed E-state index contributed by atoms with van der Waals surface area (Å²) in [6, 6.07) is 6.56. The van der Waals surface area contributed by atoms with Crippen LogP contribution < -0.4 is 4.90 Å². The summed E-state index contributed by atoms with van der Waals surface area (Å²) in [5.74, 6) is 1.00. The van der Waals surface area contributed by atoms with E-state index in [-0.39, 0.29) is 0 Å². The number of aryl methyl sites for hydroxylation is 2. The Bertz CT molecular complexity index is 892. The van der Waals surface area contributed by atoms with Crippen LogP contribution in [0.1, 0.15) is 16.7 Å². The summed E-state index contributed by atoms with van der Waals surface area (Å²) in [4.78, 5) is 13.7. The van der Waals surface area contributed by atoms with Crippen molar-refractivity contribution >= 4 is 16.9 Å². The Morgan fingerprint density at radius 3 is 2.56 bits per heavy atom. The zero-order chi connectivity index (χ0) is 17.4. The van der Waals surface area contributed by atoms with Crippen molar-refractivity contribution in [3.63, 3.8) is 0 Å². The molecule has 3 heterocycles. The molecule has 25 heavy (non-hydrogen) atoms. The van der Waals surface area contributed by atoms with Crippen LogP contribution >= 0.6 is 0 Å². The van der Waals surface area contributed by atoms with Gasteiger partial charge in [-0.1, -0.05) is 18.2 Å². The van der Waals surface area contributed by atoms with Crippen molar-refractivity contribution in [1.82, 2.24) is 24.6 Å². The Morgan fingerprint density at radius 1 is 1.00 bits per heavy atom.